The largest absolute Gasteiger partial charge is 0.491 e. The van der Waals surface area contributed by atoms with Crippen LogP contribution < -0.4 is 10.1 Å². The monoisotopic (exact) mass is 411 g/mol. The minimum absolute atomic E-state index is 0.118. The molecule has 128 valence electrons. The van der Waals surface area contributed by atoms with Crippen LogP contribution in [0.1, 0.15) is 35.6 Å². The van der Waals surface area contributed by atoms with E-state index >= 15 is 0 Å². The fraction of sp³-hybridized carbons (Fsp3) is 0.438. The number of thiophene rings is 1. The Hall–Kier alpha value is -1.35. The van der Waals surface area contributed by atoms with Crippen molar-refractivity contribution < 1.29 is 14.6 Å². The molecule has 0 aromatic carbocycles. The number of nitrogens with zero attached hydrogens (tertiary/aromatic N) is 2. The van der Waals surface area contributed by atoms with E-state index in [4.69, 9.17) is 9.47 Å². The van der Waals surface area contributed by atoms with Crippen molar-refractivity contribution in [1.82, 2.24) is 15.1 Å². The lowest BCUT2D eigenvalue weighted by Gasteiger charge is -2.31. The molecule has 4 heterocycles. The normalized spacial score (nSPS) is 20.9. The molecule has 2 N–H and O–H groups in total. The molecule has 0 saturated carbocycles. The zero-order chi connectivity index (χ0) is 16.7. The van der Waals surface area contributed by atoms with Gasteiger partial charge < -0.3 is 19.9 Å². The third-order valence-electron chi connectivity index (χ3n) is 4.34. The lowest BCUT2D eigenvalue weighted by molar-refractivity contribution is 0.128. The van der Waals surface area contributed by atoms with Gasteiger partial charge in [0, 0.05) is 30.8 Å². The second-order valence-corrected chi connectivity index (χ2v) is 8.16. The number of halogens is 1. The van der Waals surface area contributed by atoms with E-state index in [2.05, 4.69) is 26.3 Å². The first kappa shape index (κ1) is 16.1. The first-order chi connectivity index (χ1) is 11.7. The summed E-state index contributed by atoms with van der Waals surface area (Å²) in [4.78, 5) is 0.897. The van der Waals surface area contributed by atoms with E-state index < -0.39 is 6.23 Å². The molecule has 2 aliphatic heterocycles. The molecule has 0 saturated heterocycles. The summed E-state index contributed by atoms with van der Waals surface area (Å²) in [7, 11) is 1.68. The number of ether oxygens (including phenoxy) is 2. The topological polar surface area (TPSA) is 68.5 Å². The molecular weight excluding hydrogens is 394 g/mol. The van der Waals surface area contributed by atoms with Gasteiger partial charge >= 0.3 is 0 Å². The van der Waals surface area contributed by atoms with E-state index in [0.717, 1.165) is 38.5 Å². The maximum atomic E-state index is 10.6. The lowest BCUT2D eigenvalue weighted by Crippen LogP contribution is -2.33. The molecule has 0 spiro atoms. The van der Waals surface area contributed by atoms with Gasteiger partial charge in [0.2, 0.25) is 0 Å². The van der Waals surface area contributed by atoms with Crippen molar-refractivity contribution in [3.8, 4) is 5.75 Å². The first-order valence-electron chi connectivity index (χ1n) is 7.81. The predicted molar refractivity (Wildman–Crippen MR) is 94.9 cm³/mol. The number of hydrogen-bond donors (Lipinski definition) is 2. The average Bonchev–Trinajstić information content (AvgIpc) is 3.14. The molecule has 2 aromatic rings. The van der Waals surface area contributed by atoms with Crippen LogP contribution in [-0.4, -0.2) is 35.2 Å². The van der Waals surface area contributed by atoms with Crippen molar-refractivity contribution in [3.05, 3.63) is 38.4 Å². The van der Waals surface area contributed by atoms with E-state index in [1.54, 1.807) is 13.3 Å². The molecule has 0 amide bonds. The van der Waals surface area contributed by atoms with Gasteiger partial charge in [-0.15, -0.1) is 11.3 Å². The Labute approximate surface area is 152 Å². The molecule has 2 unspecified atom stereocenters. The smallest absolute Gasteiger partial charge is 0.160 e. The zero-order valence-electron chi connectivity index (χ0n) is 13.2. The van der Waals surface area contributed by atoms with Crippen LogP contribution in [0.15, 0.2) is 27.9 Å². The quantitative estimate of drug-likeness (QED) is 0.808. The van der Waals surface area contributed by atoms with E-state index in [9.17, 15) is 5.11 Å². The molecule has 0 fully saturated rings. The van der Waals surface area contributed by atoms with Crippen molar-refractivity contribution in [3.63, 3.8) is 0 Å². The molecule has 2 atom stereocenters. The minimum atomic E-state index is -0.759. The highest BCUT2D eigenvalue weighted by atomic mass is 79.9. The number of hydrogen-bond acceptors (Lipinski definition) is 6. The summed E-state index contributed by atoms with van der Waals surface area (Å²) in [5.41, 5.74) is 3.17. The third kappa shape index (κ3) is 2.57. The zero-order valence-corrected chi connectivity index (χ0v) is 15.6. The predicted octanol–water partition coefficient (Wildman–Crippen LogP) is 3.07. The molecule has 2 aliphatic rings. The van der Waals surface area contributed by atoms with Crippen molar-refractivity contribution in [2.75, 3.05) is 20.3 Å². The van der Waals surface area contributed by atoms with Gasteiger partial charge in [-0.05, 0) is 40.4 Å². The number of aliphatic hydroxyl groups is 1. The van der Waals surface area contributed by atoms with Crippen molar-refractivity contribution in [1.29, 1.82) is 0 Å². The number of rotatable bonds is 4. The maximum absolute atomic E-state index is 10.6. The van der Waals surface area contributed by atoms with Crippen LogP contribution in [0.3, 0.4) is 0 Å². The highest BCUT2D eigenvalue weighted by Crippen LogP contribution is 2.51. The highest BCUT2D eigenvalue weighted by Gasteiger charge is 2.36. The summed E-state index contributed by atoms with van der Waals surface area (Å²) in [6.07, 6.45) is 4.73. The van der Waals surface area contributed by atoms with E-state index in [-0.39, 0.29) is 6.04 Å². The third-order valence-corrected chi connectivity index (χ3v) is 6.20. The van der Waals surface area contributed by atoms with Crippen molar-refractivity contribution >= 4 is 32.8 Å². The Kier molecular flexibility index (Phi) is 4.38. The van der Waals surface area contributed by atoms with E-state index in [0.29, 0.717) is 13.2 Å². The van der Waals surface area contributed by atoms with Crippen LogP contribution in [0, 0.1) is 0 Å². The lowest BCUT2D eigenvalue weighted by atomic mass is 9.93. The van der Waals surface area contributed by atoms with Gasteiger partial charge in [-0.2, -0.15) is 5.10 Å². The molecule has 2 aromatic heterocycles. The van der Waals surface area contributed by atoms with Crippen LogP contribution in [-0.2, 0) is 4.74 Å². The van der Waals surface area contributed by atoms with Crippen LogP contribution in [0.4, 0.5) is 0 Å². The second-order valence-electron chi connectivity index (χ2n) is 5.79. The Morgan fingerprint density at radius 2 is 2.50 bits per heavy atom. The number of nitrogens with one attached hydrogen (secondary N) is 1. The molecule has 6 nitrogen and oxygen atoms in total. The molecule has 8 heteroatoms. The highest BCUT2D eigenvalue weighted by molar-refractivity contribution is 9.11. The number of methoxy groups -OCH3 is 1. The Morgan fingerprint density at radius 3 is 3.25 bits per heavy atom. The SMILES string of the molecule is COCC(C1=C2CCCOc3c(Br)sc(c32)C(O)N1)n1cccn1. The molecule has 0 aliphatic carbocycles. The number of allylic oxidation sites excluding steroid dienone is 1. The minimum Gasteiger partial charge on any atom is -0.491 e. The second kappa shape index (κ2) is 6.51. The summed E-state index contributed by atoms with van der Waals surface area (Å²) in [6.45, 7) is 1.14. The fourth-order valence-corrected chi connectivity index (χ4v) is 5.11. The maximum Gasteiger partial charge on any atom is 0.160 e. The van der Waals surface area contributed by atoms with Crippen LogP contribution in [0.25, 0.3) is 5.57 Å². The fourth-order valence-electron chi connectivity index (χ4n) is 3.34. The first-order valence-corrected chi connectivity index (χ1v) is 9.42. The molecular formula is C16H18BrN3O3S. The summed E-state index contributed by atoms with van der Waals surface area (Å²) in [5.74, 6) is 0.845. The molecule has 4 rings (SSSR count). The van der Waals surface area contributed by atoms with Crippen LogP contribution in [0.5, 0.6) is 5.75 Å². The van der Waals surface area contributed by atoms with Gasteiger partial charge in [0.1, 0.15) is 9.83 Å². The van der Waals surface area contributed by atoms with Gasteiger partial charge in [0.25, 0.3) is 0 Å². The Morgan fingerprint density at radius 1 is 1.62 bits per heavy atom. The van der Waals surface area contributed by atoms with Crippen molar-refractivity contribution in [2.24, 2.45) is 0 Å². The summed E-state index contributed by atoms with van der Waals surface area (Å²) >= 11 is 5.10. The summed E-state index contributed by atoms with van der Waals surface area (Å²) in [6, 6.07) is 1.77. The van der Waals surface area contributed by atoms with Gasteiger partial charge in [-0.1, -0.05) is 0 Å². The van der Waals surface area contributed by atoms with E-state index in [1.165, 1.54) is 16.9 Å². The molecule has 24 heavy (non-hydrogen) atoms. The standard InChI is InChI=1S/C16H18BrN3O3S/c1-22-8-10(20-6-3-5-18-20)12-9-4-2-7-23-13-11(9)14(16(21)19-12)24-15(13)17/h3,5-6,10,16,19,21H,2,4,7-8H2,1H3. The Balaban J connectivity index is 1.89. The van der Waals surface area contributed by atoms with Gasteiger partial charge in [0.15, 0.2) is 12.0 Å². The van der Waals surface area contributed by atoms with Gasteiger partial charge in [0.05, 0.1) is 18.1 Å². The van der Waals surface area contributed by atoms with E-state index in [1.807, 2.05) is 16.9 Å². The Bertz CT molecular complexity index is 772. The molecule has 0 bridgehead atoms. The molecule has 0 radical (unpaired) electrons. The summed E-state index contributed by atoms with van der Waals surface area (Å²) < 4.78 is 14.1. The number of aromatic nitrogens is 2. The van der Waals surface area contributed by atoms with Crippen molar-refractivity contribution in [2.45, 2.75) is 25.1 Å². The summed E-state index contributed by atoms with van der Waals surface area (Å²) in [5, 5.41) is 18.3. The van der Waals surface area contributed by atoms with Crippen LogP contribution in [0.2, 0.25) is 0 Å². The van der Waals surface area contributed by atoms with Gasteiger partial charge in [-0.25, -0.2) is 0 Å². The van der Waals surface area contributed by atoms with Gasteiger partial charge in [-0.3, -0.25) is 4.68 Å². The number of aliphatic hydroxyl groups excluding tert-OH is 1. The average molecular weight is 412 g/mol. The van der Waals surface area contributed by atoms with Crippen LogP contribution >= 0.6 is 27.3 Å².